The van der Waals surface area contributed by atoms with Crippen molar-refractivity contribution in [3.05, 3.63) is 17.1 Å². The topological polar surface area (TPSA) is 37.8 Å². The number of alkyl halides is 3. The van der Waals surface area contributed by atoms with Crippen LogP contribution in [-0.2, 0) is 6.42 Å². The fraction of sp³-hybridized carbons (Fsp3) is 0.636. The third kappa shape index (κ3) is 4.20. The van der Waals surface area contributed by atoms with Crippen LogP contribution in [0.1, 0.15) is 30.4 Å². The fourth-order valence-corrected chi connectivity index (χ4v) is 1.39. The average Bonchev–Trinajstić information content (AvgIpc) is 2.21. The minimum absolute atomic E-state index is 0.178. The Morgan fingerprint density at radius 2 is 1.82 bits per heavy atom. The van der Waals surface area contributed by atoms with E-state index in [1.807, 2.05) is 13.8 Å². The highest BCUT2D eigenvalue weighted by Gasteiger charge is 2.27. The molecular formula is C11H16F3N3. The lowest BCUT2D eigenvalue weighted by molar-refractivity contribution is -0.134. The van der Waals surface area contributed by atoms with Crippen LogP contribution in [-0.4, -0.2) is 22.7 Å². The van der Waals surface area contributed by atoms with Gasteiger partial charge < -0.3 is 5.32 Å². The van der Waals surface area contributed by atoms with Gasteiger partial charge in [0.15, 0.2) is 0 Å². The van der Waals surface area contributed by atoms with E-state index in [2.05, 4.69) is 15.3 Å². The van der Waals surface area contributed by atoms with Gasteiger partial charge in [-0.15, -0.1) is 0 Å². The van der Waals surface area contributed by atoms with E-state index in [1.54, 1.807) is 6.92 Å². The van der Waals surface area contributed by atoms with Crippen LogP contribution in [0.3, 0.4) is 0 Å². The van der Waals surface area contributed by atoms with E-state index < -0.39 is 12.6 Å². The number of aromatic nitrogens is 2. The van der Waals surface area contributed by atoms with E-state index in [0.29, 0.717) is 18.1 Å². The molecule has 3 nitrogen and oxygen atoms in total. The van der Waals surface area contributed by atoms with Crippen LogP contribution < -0.4 is 5.32 Å². The van der Waals surface area contributed by atoms with Gasteiger partial charge in [-0.25, -0.2) is 9.97 Å². The minimum atomic E-state index is -4.17. The van der Waals surface area contributed by atoms with Crippen molar-refractivity contribution in [1.82, 2.24) is 9.97 Å². The van der Waals surface area contributed by atoms with Crippen molar-refractivity contribution in [2.45, 2.75) is 39.8 Å². The first-order valence-electron chi connectivity index (χ1n) is 5.48. The second-order valence-corrected chi connectivity index (χ2v) is 3.84. The van der Waals surface area contributed by atoms with Crippen molar-refractivity contribution in [3.63, 3.8) is 0 Å². The SMILES string of the molecule is CCNc1nc(CCC(F)(F)F)nc(C)c1C. The summed E-state index contributed by atoms with van der Waals surface area (Å²) in [7, 11) is 0. The molecule has 0 aliphatic carbocycles. The van der Waals surface area contributed by atoms with Crippen LogP contribution >= 0.6 is 0 Å². The Morgan fingerprint density at radius 3 is 2.35 bits per heavy atom. The molecular weight excluding hydrogens is 231 g/mol. The van der Waals surface area contributed by atoms with Gasteiger partial charge >= 0.3 is 6.18 Å². The van der Waals surface area contributed by atoms with Gasteiger partial charge in [0.1, 0.15) is 11.6 Å². The summed E-state index contributed by atoms with van der Waals surface area (Å²) in [6, 6.07) is 0. The molecule has 1 N–H and O–H groups in total. The number of hydrogen-bond donors (Lipinski definition) is 1. The Kier molecular flexibility index (Phi) is 4.31. The molecule has 0 spiro atoms. The monoisotopic (exact) mass is 247 g/mol. The van der Waals surface area contributed by atoms with Gasteiger partial charge in [0, 0.05) is 24.2 Å². The van der Waals surface area contributed by atoms with Gasteiger partial charge in [-0.1, -0.05) is 0 Å². The van der Waals surface area contributed by atoms with Gasteiger partial charge in [-0.3, -0.25) is 0 Å². The molecule has 0 atom stereocenters. The van der Waals surface area contributed by atoms with Crippen molar-refractivity contribution in [1.29, 1.82) is 0 Å². The summed E-state index contributed by atoms with van der Waals surface area (Å²) in [5.74, 6) is 0.860. The maximum Gasteiger partial charge on any atom is 0.389 e. The molecule has 0 aliphatic heterocycles. The molecule has 96 valence electrons. The lowest BCUT2D eigenvalue weighted by Gasteiger charge is -2.11. The lowest BCUT2D eigenvalue weighted by Crippen LogP contribution is -2.12. The van der Waals surface area contributed by atoms with E-state index in [1.165, 1.54) is 0 Å². The number of hydrogen-bond acceptors (Lipinski definition) is 3. The molecule has 0 radical (unpaired) electrons. The van der Waals surface area contributed by atoms with Crippen LogP contribution in [0.4, 0.5) is 19.0 Å². The van der Waals surface area contributed by atoms with Crippen molar-refractivity contribution >= 4 is 5.82 Å². The maximum atomic E-state index is 12.1. The van der Waals surface area contributed by atoms with Gasteiger partial charge in [-0.2, -0.15) is 13.2 Å². The number of nitrogens with zero attached hydrogens (tertiary/aromatic N) is 2. The summed E-state index contributed by atoms with van der Waals surface area (Å²) in [4.78, 5) is 8.17. The zero-order valence-corrected chi connectivity index (χ0v) is 10.1. The van der Waals surface area contributed by atoms with E-state index in [4.69, 9.17) is 0 Å². The summed E-state index contributed by atoms with van der Waals surface area (Å²) >= 11 is 0. The molecule has 6 heteroatoms. The largest absolute Gasteiger partial charge is 0.389 e. The zero-order valence-electron chi connectivity index (χ0n) is 10.1. The third-order valence-electron chi connectivity index (χ3n) is 2.41. The van der Waals surface area contributed by atoms with E-state index >= 15 is 0 Å². The number of aryl methyl sites for hydroxylation is 2. The maximum absolute atomic E-state index is 12.1. The molecule has 0 aliphatic rings. The molecule has 0 amide bonds. The Labute approximate surface area is 98.5 Å². The highest BCUT2D eigenvalue weighted by molar-refractivity contribution is 5.45. The lowest BCUT2D eigenvalue weighted by atomic mass is 10.2. The predicted molar refractivity (Wildman–Crippen MR) is 60.0 cm³/mol. The summed E-state index contributed by atoms with van der Waals surface area (Å²) < 4.78 is 36.3. The molecule has 0 bridgehead atoms. The fourth-order valence-electron chi connectivity index (χ4n) is 1.39. The summed E-state index contributed by atoms with van der Waals surface area (Å²) in [5.41, 5.74) is 1.59. The van der Waals surface area contributed by atoms with Crippen LogP contribution in [0.25, 0.3) is 0 Å². The van der Waals surface area contributed by atoms with Gasteiger partial charge in [0.2, 0.25) is 0 Å². The van der Waals surface area contributed by atoms with Crippen molar-refractivity contribution in [2.24, 2.45) is 0 Å². The van der Waals surface area contributed by atoms with Crippen LogP contribution in [0.15, 0.2) is 0 Å². The van der Waals surface area contributed by atoms with Crippen molar-refractivity contribution in [2.75, 3.05) is 11.9 Å². The molecule has 0 aromatic carbocycles. The Bertz CT molecular complexity index is 388. The van der Waals surface area contributed by atoms with Gasteiger partial charge in [0.05, 0.1) is 6.42 Å². The highest BCUT2D eigenvalue weighted by Crippen LogP contribution is 2.22. The Hall–Kier alpha value is -1.33. The second-order valence-electron chi connectivity index (χ2n) is 3.84. The van der Waals surface area contributed by atoms with Crippen molar-refractivity contribution in [3.8, 4) is 0 Å². The molecule has 1 heterocycles. The molecule has 0 saturated carbocycles. The number of rotatable bonds is 4. The summed E-state index contributed by atoms with van der Waals surface area (Å²) in [6.07, 6.45) is -5.23. The van der Waals surface area contributed by atoms with Crippen LogP contribution in [0, 0.1) is 13.8 Å². The first-order chi connectivity index (χ1) is 7.83. The van der Waals surface area contributed by atoms with E-state index in [-0.39, 0.29) is 12.2 Å². The molecule has 1 aromatic heterocycles. The zero-order chi connectivity index (χ0) is 13.1. The van der Waals surface area contributed by atoms with E-state index in [0.717, 1.165) is 5.56 Å². The summed E-state index contributed by atoms with van der Waals surface area (Å²) in [5, 5.41) is 3.02. The molecule has 1 rings (SSSR count). The quantitative estimate of drug-likeness (QED) is 0.888. The van der Waals surface area contributed by atoms with Gasteiger partial charge in [0.25, 0.3) is 0 Å². The first-order valence-corrected chi connectivity index (χ1v) is 5.48. The third-order valence-corrected chi connectivity index (χ3v) is 2.41. The predicted octanol–water partition coefficient (Wildman–Crippen LogP) is 3.02. The molecule has 17 heavy (non-hydrogen) atoms. The normalized spacial score (nSPS) is 11.6. The molecule has 0 fully saturated rings. The Balaban J connectivity index is 2.86. The van der Waals surface area contributed by atoms with Crippen molar-refractivity contribution < 1.29 is 13.2 Å². The van der Waals surface area contributed by atoms with E-state index in [9.17, 15) is 13.2 Å². The first kappa shape index (κ1) is 13.7. The molecule has 0 saturated heterocycles. The van der Waals surface area contributed by atoms with Crippen LogP contribution in [0.5, 0.6) is 0 Å². The Morgan fingerprint density at radius 1 is 1.18 bits per heavy atom. The standard InChI is InChI=1S/C11H16F3N3/c1-4-15-10-7(2)8(3)16-9(17-10)5-6-11(12,13)14/h4-6H2,1-3H3,(H,15,16,17). The average molecular weight is 247 g/mol. The number of halogens is 3. The summed E-state index contributed by atoms with van der Waals surface area (Å²) in [6.45, 7) is 6.21. The highest BCUT2D eigenvalue weighted by atomic mass is 19.4. The minimum Gasteiger partial charge on any atom is -0.370 e. The van der Waals surface area contributed by atoms with Crippen LogP contribution in [0.2, 0.25) is 0 Å². The number of anilines is 1. The second kappa shape index (κ2) is 5.33. The number of nitrogens with one attached hydrogen (secondary N) is 1. The molecule has 0 unspecified atom stereocenters. The molecule has 1 aromatic rings. The van der Waals surface area contributed by atoms with Gasteiger partial charge in [-0.05, 0) is 20.8 Å². The smallest absolute Gasteiger partial charge is 0.370 e.